The fourth-order valence-corrected chi connectivity index (χ4v) is 5.26. The second-order valence-electron chi connectivity index (χ2n) is 9.56. The number of hydrogen-bond acceptors (Lipinski definition) is 7. The predicted molar refractivity (Wildman–Crippen MR) is 178 cm³/mol. The summed E-state index contributed by atoms with van der Waals surface area (Å²) in [4.78, 5) is 40.4. The van der Waals surface area contributed by atoms with E-state index in [-0.39, 0.29) is 11.6 Å². The van der Waals surface area contributed by atoms with Gasteiger partial charge < -0.3 is 30.2 Å². The van der Waals surface area contributed by atoms with E-state index in [1.807, 2.05) is 6.07 Å². The zero-order valence-electron chi connectivity index (χ0n) is 25.1. The number of benzene rings is 4. The number of rotatable bonds is 12. The Hall–Kier alpha value is -4.93. The van der Waals surface area contributed by atoms with E-state index in [2.05, 4.69) is 16.0 Å². The van der Waals surface area contributed by atoms with Gasteiger partial charge in [-0.3, -0.25) is 14.4 Å². The van der Waals surface area contributed by atoms with Gasteiger partial charge in [-0.15, -0.1) is 11.8 Å². The lowest BCUT2D eigenvalue weighted by atomic mass is 10.1. The molecule has 4 aromatic rings. The Kier molecular flexibility index (Phi) is 11.5. The molecule has 0 fully saturated rings. The van der Waals surface area contributed by atoms with Crippen molar-refractivity contribution < 1.29 is 28.6 Å². The first-order valence-electron chi connectivity index (χ1n) is 13.7. The van der Waals surface area contributed by atoms with E-state index in [4.69, 9.17) is 25.8 Å². The lowest BCUT2D eigenvalue weighted by molar-refractivity contribution is -0.115. The number of hydrogen-bond donors (Lipinski definition) is 3. The maximum atomic E-state index is 13.6. The molecule has 0 aliphatic heterocycles. The molecule has 11 heteroatoms. The summed E-state index contributed by atoms with van der Waals surface area (Å²) in [6.07, 6.45) is 1.52. The maximum absolute atomic E-state index is 13.6. The van der Waals surface area contributed by atoms with Crippen LogP contribution in [0.15, 0.2) is 102 Å². The number of nitrogens with one attached hydrogen (secondary N) is 3. The zero-order valence-corrected chi connectivity index (χ0v) is 26.6. The lowest BCUT2D eigenvalue weighted by Gasteiger charge is -2.15. The summed E-state index contributed by atoms with van der Waals surface area (Å²) >= 11 is 7.40. The highest BCUT2D eigenvalue weighted by Crippen LogP contribution is 2.31. The molecule has 0 bridgehead atoms. The van der Waals surface area contributed by atoms with Gasteiger partial charge in [-0.25, -0.2) is 0 Å². The third-order valence-corrected chi connectivity index (χ3v) is 7.79. The van der Waals surface area contributed by atoms with E-state index in [0.717, 1.165) is 4.90 Å². The number of ether oxygens (including phenoxy) is 3. The van der Waals surface area contributed by atoms with Crippen LogP contribution in [0, 0.1) is 0 Å². The number of thioether (sulfide) groups is 1. The van der Waals surface area contributed by atoms with Crippen molar-refractivity contribution in [1.29, 1.82) is 0 Å². The molecule has 0 saturated carbocycles. The van der Waals surface area contributed by atoms with E-state index < -0.39 is 17.1 Å². The number of carbonyl (C=O) groups is 3. The largest absolute Gasteiger partial charge is 0.497 e. The topological polar surface area (TPSA) is 115 Å². The van der Waals surface area contributed by atoms with E-state index in [0.29, 0.717) is 44.8 Å². The van der Waals surface area contributed by atoms with Gasteiger partial charge in [-0.2, -0.15) is 0 Å². The first kappa shape index (κ1) is 33.0. The molecule has 45 heavy (non-hydrogen) atoms. The average molecular weight is 646 g/mol. The van der Waals surface area contributed by atoms with Gasteiger partial charge in [0.05, 0.1) is 32.3 Å². The highest BCUT2D eigenvalue weighted by atomic mass is 35.5. The van der Waals surface area contributed by atoms with Crippen LogP contribution in [0.2, 0.25) is 5.02 Å². The molecule has 0 aliphatic rings. The normalized spacial score (nSPS) is 11.6. The highest BCUT2D eigenvalue weighted by Gasteiger charge is 2.19. The van der Waals surface area contributed by atoms with Gasteiger partial charge in [0.15, 0.2) is 0 Å². The Morgan fingerprint density at radius 2 is 1.53 bits per heavy atom. The summed E-state index contributed by atoms with van der Waals surface area (Å²) in [5.74, 6) is 0.244. The summed E-state index contributed by atoms with van der Waals surface area (Å²) in [7, 11) is 4.55. The van der Waals surface area contributed by atoms with Crippen molar-refractivity contribution >= 4 is 58.5 Å². The van der Waals surface area contributed by atoms with Gasteiger partial charge in [-0.05, 0) is 79.7 Å². The second kappa shape index (κ2) is 15.7. The first-order valence-corrected chi connectivity index (χ1v) is 15.0. The van der Waals surface area contributed by atoms with E-state index in [1.54, 1.807) is 91.9 Å². The van der Waals surface area contributed by atoms with Gasteiger partial charge in [0, 0.05) is 26.7 Å². The molecule has 0 radical (unpaired) electrons. The first-order chi connectivity index (χ1) is 21.7. The molecule has 4 rings (SSSR count). The molecule has 9 nitrogen and oxygen atoms in total. The predicted octanol–water partition coefficient (Wildman–Crippen LogP) is 6.89. The minimum Gasteiger partial charge on any atom is -0.497 e. The molecule has 0 aromatic heterocycles. The van der Waals surface area contributed by atoms with Crippen LogP contribution in [0.4, 0.5) is 11.4 Å². The van der Waals surface area contributed by atoms with Crippen molar-refractivity contribution in [3.8, 4) is 17.2 Å². The number of anilines is 2. The number of halogens is 1. The monoisotopic (exact) mass is 645 g/mol. The Labute approximate surface area is 270 Å². The molecular formula is C34H32ClN3O6S. The standard InChI is InChI=1S/C34H32ClN3O6S/c1-21(32(39)37-28-19-24(35)13-15-31(28)44-4)45-27-12-8-11-25(20-27)36-34(41)29(38-33(40)22-9-6-5-7-10-22)18-23-17-26(42-2)14-16-30(23)43-3/h5-21H,1-4H3,(H,36,41)(H,37,39)(H,38,40)/b29-18+. The molecule has 1 unspecified atom stereocenters. The van der Waals surface area contributed by atoms with Crippen molar-refractivity contribution in [2.45, 2.75) is 17.1 Å². The molecule has 4 aromatic carbocycles. The zero-order chi connectivity index (χ0) is 32.3. The van der Waals surface area contributed by atoms with Crippen LogP contribution in [0.25, 0.3) is 6.08 Å². The molecule has 3 amide bonds. The number of carbonyl (C=O) groups excluding carboxylic acids is 3. The molecule has 0 aliphatic carbocycles. The smallest absolute Gasteiger partial charge is 0.272 e. The van der Waals surface area contributed by atoms with Crippen LogP contribution in [0.3, 0.4) is 0 Å². The van der Waals surface area contributed by atoms with E-state index in [9.17, 15) is 14.4 Å². The second-order valence-corrected chi connectivity index (χ2v) is 11.4. The van der Waals surface area contributed by atoms with Crippen molar-refractivity contribution in [2.75, 3.05) is 32.0 Å². The van der Waals surface area contributed by atoms with Crippen LogP contribution in [0.1, 0.15) is 22.8 Å². The van der Waals surface area contributed by atoms with Gasteiger partial charge in [-0.1, -0.05) is 35.9 Å². The summed E-state index contributed by atoms with van der Waals surface area (Å²) in [6.45, 7) is 1.77. The van der Waals surface area contributed by atoms with Gasteiger partial charge in [0.25, 0.3) is 11.8 Å². The summed E-state index contributed by atoms with van der Waals surface area (Å²) in [5.41, 5.74) is 1.82. The van der Waals surface area contributed by atoms with E-state index in [1.165, 1.54) is 39.2 Å². The van der Waals surface area contributed by atoms with Crippen LogP contribution in [0.5, 0.6) is 17.2 Å². The van der Waals surface area contributed by atoms with Crippen LogP contribution < -0.4 is 30.2 Å². The minimum atomic E-state index is -0.565. The summed E-state index contributed by atoms with van der Waals surface area (Å²) in [6, 6.07) is 25.7. The Morgan fingerprint density at radius 1 is 0.800 bits per heavy atom. The lowest BCUT2D eigenvalue weighted by Crippen LogP contribution is -2.30. The van der Waals surface area contributed by atoms with Gasteiger partial charge in [0.2, 0.25) is 5.91 Å². The van der Waals surface area contributed by atoms with Gasteiger partial charge in [0.1, 0.15) is 22.9 Å². The highest BCUT2D eigenvalue weighted by molar-refractivity contribution is 8.00. The minimum absolute atomic E-state index is 0.0170. The van der Waals surface area contributed by atoms with Gasteiger partial charge >= 0.3 is 0 Å². The molecule has 0 spiro atoms. The third-order valence-electron chi connectivity index (χ3n) is 6.46. The number of methoxy groups -OCH3 is 3. The third kappa shape index (κ3) is 9.04. The fraction of sp³-hybridized carbons (Fsp3) is 0.147. The van der Waals surface area contributed by atoms with Crippen molar-refractivity contribution in [2.24, 2.45) is 0 Å². The van der Waals surface area contributed by atoms with Crippen molar-refractivity contribution in [1.82, 2.24) is 5.32 Å². The Bertz CT molecular complexity index is 1710. The van der Waals surface area contributed by atoms with E-state index >= 15 is 0 Å². The maximum Gasteiger partial charge on any atom is 0.272 e. The molecule has 3 N–H and O–H groups in total. The number of amides is 3. The SMILES string of the molecule is COc1ccc(OC)c(/C=C(/NC(=O)c2ccccc2)C(=O)Nc2cccc(SC(C)C(=O)Nc3cc(Cl)ccc3OC)c2)c1. The Morgan fingerprint density at radius 3 is 2.24 bits per heavy atom. The fourth-order valence-electron chi connectivity index (χ4n) is 4.17. The molecular weight excluding hydrogens is 614 g/mol. The molecule has 1 atom stereocenters. The van der Waals surface area contributed by atoms with Crippen LogP contribution in [-0.2, 0) is 9.59 Å². The average Bonchev–Trinajstić information content (AvgIpc) is 3.05. The Balaban J connectivity index is 1.54. The summed E-state index contributed by atoms with van der Waals surface area (Å²) < 4.78 is 16.1. The summed E-state index contributed by atoms with van der Waals surface area (Å²) in [5, 5.41) is 8.39. The van der Waals surface area contributed by atoms with Crippen LogP contribution >= 0.6 is 23.4 Å². The van der Waals surface area contributed by atoms with Crippen LogP contribution in [-0.4, -0.2) is 44.3 Å². The van der Waals surface area contributed by atoms with Crippen molar-refractivity contribution in [3.63, 3.8) is 0 Å². The van der Waals surface area contributed by atoms with Crippen molar-refractivity contribution in [3.05, 3.63) is 113 Å². The molecule has 0 heterocycles. The molecule has 0 saturated heterocycles. The molecule has 232 valence electrons. The quantitative estimate of drug-likeness (QED) is 0.113.